The number of hydrogen-bond acceptors (Lipinski definition) is 5. The Labute approximate surface area is 179 Å². The maximum absolute atomic E-state index is 12.5. The quantitative estimate of drug-likeness (QED) is 0.481. The highest BCUT2D eigenvalue weighted by Gasteiger charge is 2.18. The summed E-state index contributed by atoms with van der Waals surface area (Å²) in [4.78, 5) is 29.4. The Hall–Kier alpha value is -4.31. The van der Waals surface area contributed by atoms with Gasteiger partial charge in [-0.3, -0.25) is 9.59 Å². The normalized spacial score (nSPS) is 10.6. The molecule has 7 nitrogen and oxygen atoms in total. The second-order valence-electron chi connectivity index (χ2n) is 7.08. The van der Waals surface area contributed by atoms with Crippen LogP contribution in [0.25, 0.3) is 16.7 Å². The van der Waals surface area contributed by atoms with Crippen LogP contribution in [-0.4, -0.2) is 26.5 Å². The van der Waals surface area contributed by atoms with E-state index in [1.165, 1.54) is 10.9 Å². The van der Waals surface area contributed by atoms with Gasteiger partial charge in [0.2, 0.25) is 5.91 Å². The molecular formula is C24H19N5O2. The first kappa shape index (κ1) is 20.0. The molecule has 0 aliphatic rings. The summed E-state index contributed by atoms with van der Waals surface area (Å²) < 4.78 is 1.44. The summed E-state index contributed by atoms with van der Waals surface area (Å²) in [7, 11) is 0. The van der Waals surface area contributed by atoms with Gasteiger partial charge in [0, 0.05) is 23.8 Å². The Morgan fingerprint density at radius 3 is 2.58 bits per heavy atom. The van der Waals surface area contributed by atoms with Crippen LogP contribution in [-0.2, 0) is 4.79 Å². The Kier molecular flexibility index (Phi) is 5.54. The molecule has 0 unspecified atom stereocenters. The van der Waals surface area contributed by atoms with Crippen molar-refractivity contribution in [3.8, 4) is 11.9 Å². The molecule has 152 valence electrons. The molecule has 0 saturated carbocycles. The SMILES string of the molecule is Cc1cc(-n2ncc(C#N)c2NC(=O)CCC(=O)c2ccccc2)nc2ccccc12. The molecule has 0 saturated heterocycles. The topological polar surface area (TPSA) is 101 Å². The number of ketones is 1. The summed E-state index contributed by atoms with van der Waals surface area (Å²) in [6.45, 7) is 1.97. The first-order valence-electron chi connectivity index (χ1n) is 9.80. The molecule has 0 fully saturated rings. The van der Waals surface area contributed by atoms with E-state index in [1.54, 1.807) is 24.3 Å². The third kappa shape index (κ3) is 4.19. The number of hydrogen-bond donors (Lipinski definition) is 1. The van der Waals surface area contributed by atoms with Gasteiger partial charge < -0.3 is 5.32 Å². The molecule has 31 heavy (non-hydrogen) atoms. The first-order chi connectivity index (χ1) is 15.1. The van der Waals surface area contributed by atoms with Crippen LogP contribution in [0.5, 0.6) is 0 Å². The molecule has 7 heteroatoms. The highest BCUT2D eigenvalue weighted by Crippen LogP contribution is 2.23. The number of Topliss-reactive ketones (excluding diaryl/α,β-unsaturated/α-hetero) is 1. The van der Waals surface area contributed by atoms with Crippen LogP contribution in [0.3, 0.4) is 0 Å². The number of fused-ring (bicyclic) bond motifs is 1. The lowest BCUT2D eigenvalue weighted by Gasteiger charge is -2.11. The second-order valence-corrected chi connectivity index (χ2v) is 7.08. The third-order valence-corrected chi connectivity index (χ3v) is 4.95. The van der Waals surface area contributed by atoms with Crippen LogP contribution in [0, 0.1) is 18.3 Å². The Morgan fingerprint density at radius 1 is 1.06 bits per heavy atom. The van der Waals surface area contributed by atoms with Crippen molar-refractivity contribution in [1.82, 2.24) is 14.8 Å². The number of nitriles is 1. The molecule has 0 aliphatic heterocycles. The van der Waals surface area contributed by atoms with Crippen LogP contribution in [0.2, 0.25) is 0 Å². The van der Waals surface area contributed by atoms with E-state index in [4.69, 9.17) is 0 Å². The van der Waals surface area contributed by atoms with Gasteiger partial charge in [0.1, 0.15) is 11.6 Å². The Balaban J connectivity index is 1.57. The monoisotopic (exact) mass is 409 g/mol. The largest absolute Gasteiger partial charge is 0.309 e. The zero-order chi connectivity index (χ0) is 21.8. The number of benzene rings is 2. The molecule has 0 spiro atoms. The summed E-state index contributed by atoms with van der Waals surface area (Å²) in [6.07, 6.45) is 1.45. The lowest BCUT2D eigenvalue weighted by atomic mass is 10.1. The number of pyridine rings is 1. The van der Waals surface area contributed by atoms with Crippen molar-refractivity contribution in [3.05, 3.63) is 83.6 Å². The van der Waals surface area contributed by atoms with E-state index >= 15 is 0 Å². The van der Waals surface area contributed by atoms with Gasteiger partial charge in [0.15, 0.2) is 17.4 Å². The van der Waals surface area contributed by atoms with Crippen molar-refractivity contribution in [1.29, 1.82) is 5.26 Å². The van der Waals surface area contributed by atoms with Crippen molar-refractivity contribution in [3.63, 3.8) is 0 Å². The molecule has 4 rings (SSSR count). The molecule has 1 amide bonds. The molecule has 2 heterocycles. The van der Waals surface area contributed by atoms with Crippen molar-refractivity contribution in [2.24, 2.45) is 0 Å². The van der Waals surface area contributed by atoms with E-state index in [0.717, 1.165) is 16.5 Å². The van der Waals surface area contributed by atoms with Gasteiger partial charge >= 0.3 is 0 Å². The summed E-state index contributed by atoms with van der Waals surface area (Å²) in [5.41, 5.74) is 2.57. The van der Waals surface area contributed by atoms with Gasteiger partial charge in [-0.15, -0.1) is 0 Å². The number of nitrogens with zero attached hydrogens (tertiary/aromatic N) is 4. The van der Waals surface area contributed by atoms with Gasteiger partial charge in [0.25, 0.3) is 0 Å². The van der Waals surface area contributed by atoms with Gasteiger partial charge in [-0.1, -0.05) is 48.5 Å². The van der Waals surface area contributed by atoms with E-state index < -0.39 is 0 Å². The maximum Gasteiger partial charge on any atom is 0.226 e. The van der Waals surface area contributed by atoms with Gasteiger partial charge in [-0.25, -0.2) is 4.98 Å². The number of para-hydroxylation sites is 1. The lowest BCUT2D eigenvalue weighted by Crippen LogP contribution is -2.17. The number of rotatable bonds is 6. The summed E-state index contributed by atoms with van der Waals surface area (Å²) >= 11 is 0. The van der Waals surface area contributed by atoms with Crippen molar-refractivity contribution in [2.75, 3.05) is 5.32 Å². The molecule has 0 bridgehead atoms. The number of carbonyl (C=O) groups is 2. The summed E-state index contributed by atoms with van der Waals surface area (Å²) in [5, 5.41) is 17.5. The zero-order valence-corrected chi connectivity index (χ0v) is 16.9. The Morgan fingerprint density at radius 2 is 1.81 bits per heavy atom. The Bertz CT molecular complexity index is 1320. The van der Waals surface area contributed by atoms with E-state index in [2.05, 4.69) is 15.4 Å². The van der Waals surface area contributed by atoms with Crippen LogP contribution in [0.15, 0.2) is 66.9 Å². The second kappa shape index (κ2) is 8.59. The van der Waals surface area contributed by atoms with Crippen molar-refractivity contribution < 1.29 is 9.59 Å². The predicted molar refractivity (Wildman–Crippen MR) is 117 cm³/mol. The van der Waals surface area contributed by atoms with E-state index in [0.29, 0.717) is 11.4 Å². The minimum absolute atomic E-state index is 0.00600. The maximum atomic E-state index is 12.5. The summed E-state index contributed by atoms with van der Waals surface area (Å²) in [5.74, 6) is 0.242. The van der Waals surface area contributed by atoms with Gasteiger partial charge in [0.05, 0.1) is 11.7 Å². The number of carbonyl (C=O) groups excluding carboxylic acids is 2. The number of aromatic nitrogens is 3. The van der Waals surface area contributed by atoms with E-state index in [-0.39, 0.29) is 35.9 Å². The molecule has 1 N–H and O–H groups in total. The highest BCUT2D eigenvalue weighted by atomic mass is 16.2. The standard InChI is InChI=1S/C24H19N5O2/c1-16-13-22(27-20-10-6-5-9-19(16)20)29-24(18(14-25)15-26-29)28-23(31)12-11-21(30)17-7-3-2-4-8-17/h2-10,13,15H,11-12H2,1H3,(H,28,31). The van der Waals surface area contributed by atoms with Gasteiger partial charge in [-0.05, 0) is 24.6 Å². The zero-order valence-electron chi connectivity index (χ0n) is 16.9. The average Bonchev–Trinajstić information content (AvgIpc) is 3.20. The molecule has 0 atom stereocenters. The molecule has 2 aromatic heterocycles. The molecule has 0 aliphatic carbocycles. The predicted octanol–water partition coefficient (Wildman–Crippen LogP) is 4.20. The first-order valence-corrected chi connectivity index (χ1v) is 9.80. The van der Waals surface area contributed by atoms with Crippen LogP contribution in [0.1, 0.15) is 34.3 Å². The molecular weight excluding hydrogens is 390 g/mol. The fraction of sp³-hybridized carbons (Fsp3) is 0.125. The van der Waals surface area contributed by atoms with Crippen molar-refractivity contribution >= 4 is 28.4 Å². The molecule has 0 radical (unpaired) electrons. The number of anilines is 1. The number of amides is 1. The minimum atomic E-state index is -0.375. The molecule has 4 aromatic rings. The smallest absolute Gasteiger partial charge is 0.226 e. The fourth-order valence-corrected chi connectivity index (χ4v) is 3.35. The lowest BCUT2D eigenvalue weighted by molar-refractivity contribution is -0.116. The van der Waals surface area contributed by atoms with E-state index in [9.17, 15) is 14.9 Å². The molecule has 2 aromatic carbocycles. The van der Waals surface area contributed by atoms with Gasteiger partial charge in [-0.2, -0.15) is 15.0 Å². The van der Waals surface area contributed by atoms with Crippen LogP contribution in [0.4, 0.5) is 5.82 Å². The fourth-order valence-electron chi connectivity index (χ4n) is 3.35. The summed E-state index contributed by atoms with van der Waals surface area (Å²) in [6, 6.07) is 20.4. The number of nitrogens with one attached hydrogen (secondary N) is 1. The average molecular weight is 409 g/mol. The third-order valence-electron chi connectivity index (χ3n) is 4.95. The van der Waals surface area contributed by atoms with Crippen LogP contribution >= 0.6 is 0 Å². The van der Waals surface area contributed by atoms with Crippen molar-refractivity contribution in [2.45, 2.75) is 19.8 Å². The van der Waals surface area contributed by atoms with E-state index in [1.807, 2.05) is 49.4 Å². The number of aryl methyl sites for hydroxylation is 1. The van der Waals surface area contributed by atoms with Crippen LogP contribution < -0.4 is 5.32 Å². The minimum Gasteiger partial charge on any atom is -0.309 e. The highest BCUT2D eigenvalue weighted by molar-refractivity contribution is 6.00.